The van der Waals surface area contributed by atoms with Gasteiger partial charge in [0.1, 0.15) is 5.82 Å². The minimum atomic E-state index is -0.951. The third kappa shape index (κ3) is 4.73. The molecule has 0 fully saturated rings. The van der Waals surface area contributed by atoms with Crippen molar-refractivity contribution in [2.24, 2.45) is 0 Å². The first-order valence-electron chi connectivity index (χ1n) is 11.5. The fourth-order valence-electron chi connectivity index (χ4n) is 3.91. The molecule has 3 heterocycles. The number of aromatic amines is 1. The van der Waals surface area contributed by atoms with Gasteiger partial charge in [-0.05, 0) is 23.3 Å². The highest BCUT2D eigenvalue weighted by atomic mass is 16.7. The Morgan fingerprint density at radius 2 is 1.82 bits per heavy atom. The Hall–Kier alpha value is -3.50. The predicted molar refractivity (Wildman–Crippen MR) is 127 cm³/mol. The van der Waals surface area contributed by atoms with Crippen LogP contribution in [0.3, 0.4) is 0 Å². The summed E-state index contributed by atoms with van der Waals surface area (Å²) in [4.78, 5) is 9.54. The molecule has 0 aliphatic carbocycles. The van der Waals surface area contributed by atoms with E-state index >= 15 is 0 Å². The Morgan fingerprint density at radius 3 is 2.44 bits per heavy atom. The van der Waals surface area contributed by atoms with E-state index in [1.165, 1.54) is 0 Å². The molecule has 0 saturated heterocycles. The number of pyridine rings is 1. The Morgan fingerprint density at radius 1 is 1.03 bits per heavy atom. The first-order chi connectivity index (χ1) is 16.6. The van der Waals surface area contributed by atoms with E-state index in [0.717, 1.165) is 47.6 Å². The number of nitrogens with zero attached hydrogens (tertiary/aromatic N) is 7. The SMILES string of the molecule is CCCCn1nc(C(CC)(OC)OC)nc1Cc1ccc(-c2ccccc2-c2nn[nH]n2)nc1. The van der Waals surface area contributed by atoms with E-state index in [2.05, 4.69) is 33.6 Å². The highest BCUT2D eigenvalue weighted by Gasteiger charge is 2.35. The third-order valence-electron chi connectivity index (χ3n) is 5.91. The second-order valence-electron chi connectivity index (χ2n) is 7.95. The number of hydrogen-bond acceptors (Lipinski definition) is 8. The van der Waals surface area contributed by atoms with Gasteiger partial charge in [-0.1, -0.05) is 50.6 Å². The summed E-state index contributed by atoms with van der Waals surface area (Å²) in [6, 6.07) is 11.9. The molecule has 0 saturated carbocycles. The molecule has 0 aliphatic rings. The standard InChI is InChI=1S/C24H30N8O2/c1-5-7-14-32-21(26-23(29-32)24(6-2,33-3)34-4)15-17-12-13-20(25-16-17)18-10-8-9-11-19(18)22-27-30-31-28-22/h8-13,16H,5-7,14-15H2,1-4H3,(H,27,28,30,31). The van der Waals surface area contributed by atoms with Crippen LogP contribution in [-0.2, 0) is 28.2 Å². The van der Waals surface area contributed by atoms with Gasteiger partial charge in [-0.2, -0.15) is 10.3 Å². The number of unbranched alkanes of at least 4 members (excludes halogenated alkanes) is 1. The van der Waals surface area contributed by atoms with E-state index in [4.69, 9.17) is 24.5 Å². The zero-order valence-corrected chi connectivity index (χ0v) is 20.0. The number of methoxy groups -OCH3 is 2. The van der Waals surface area contributed by atoms with Crippen LogP contribution in [-0.4, -0.2) is 54.6 Å². The van der Waals surface area contributed by atoms with E-state index in [9.17, 15) is 0 Å². The first kappa shape index (κ1) is 23.7. The molecule has 0 aliphatic heterocycles. The number of H-pyrrole nitrogens is 1. The zero-order valence-electron chi connectivity index (χ0n) is 20.0. The van der Waals surface area contributed by atoms with Gasteiger partial charge in [0, 0.05) is 50.9 Å². The molecule has 0 unspecified atom stereocenters. The van der Waals surface area contributed by atoms with Gasteiger partial charge in [0.2, 0.25) is 17.4 Å². The minimum absolute atomic E-state index is 0.536. The number of benzene rings is 1. The molecule has 4 aromatic rings. The van der Waals surface area contributed by atoms with E-state index in [-0.39, 0.29) is 0 Å². The summed E-state index contributed by atoms with van der Waals surface area (Å²) < 4.78 is 13.3. The number of tetrazole rings is 1. The number of nitrogens with one attached hydrogen (secondary N) is 1. The van der Waals surface area contributed by atoms with Crippen molar-refractivity contribution in [3.8, 4) is 22.6 Å². The molecule has 178 valence electrons. The van der Waals surface area contributed by atoms with Gasteiger partial charge in [-0.3, -0.25) is 4.98 Å². The van der Waals surface area contributed by atoms with E-state index in [0.29, 0.717) is 24.5 Å². The Bertz CT molecular complexity index is 1180. The van der Waals surface area contributed by atoms with Crippen molar-refractivity contribution >= 4 is 0 Å². The lowest BCUT2D eigenvalue weighted by Gasteiger charge is -2.26. The van der Waals surface area contributed by atoms with Gasteiger partial charge >= 0.3 is 0 Å². The maximum atomic E-state index is 5.66. The highest BCUT2D eigenvalue weighted by molar-refractivity contribution is 5.78. The number of rotatable bonds is 11. The van der Waals surface area contributed by atoms with Crippen molar-refractivity contribution in [2.45, 2.75) is 51.9 Å². The van der Waals surface area contributed by atoms with Crippen molar-refractivity contribution in [3.63, 3.8) is 0 Å². The van der Waals surface area contributed by atoms with Crippen LogP contribution < -0.4 is 0 Å². The largest absolute Gasteiger partial charge is 0.347 e. The van der Waals surface area contributed by atoms with Gasteiger partial charge in [0.15, 0.2) is 0 Å². The zero-order chi connectivity index (χ0) is 24.0. The topological polar surface area (TPSA) is 117 Å². The van der Waals surface area contributed by atoms with Gasteiger partial charge in [0.05, 0.1) is 5.69 Å². The lowest BCUT2D eigenvalue weighted by molar-refractivity contribution is -0.222. The molecule has 0 atom stereocenters. The van der Waals surface area contributed by atoms with Crippen LogP contribution >= 0.6 is 0 Å². The fourth-order valence-corrected chi connectivity index (χ4v) is 3.91. The van der Waals surface area contributed by atoms with Gasteiger partial charge in [0.25, 0.3) is 0 Å². The summed E-state index contributed by atoms with van der Waals surface area (Å²) in [5, 5.41) is 19.1. The average molecular weight is 463 g/mol. The summed E-state index contributed by atoms with van der Waals surface area (Å²) in [5.41, 5.74) is 3.68. The summed E-state index contributed by atoms with van der Waals surface area (Å²) in [5.74, 6) is 0.989. The van der Waals surface area contributed by atoms with Crippen molar-refractivity contribution < 1.29 is 9.47 Å². The van der Waals surface area contributed by atoms with E-state index in [1.807, 2.05) is 48.1 Å². The van der Waals surface area contributed by atoms with Crippen LogP contribution in [0.5, 0.6) is 0 Å². The molecule has 10 heteroatoms. The number of ether oxygens (including phenoxy) is 2. The molecular formula is C24H30N8O2. The maximum Gasteiger partial charge on any atom is 0.231 e. The average Bonchev–Trinajstić information content (AvgIpc) is 3.56. The predicted octanol–water partition coefficient (Wildman–Crippen LogP) is 3.77. The molecule has 1 aromatic carbocycles. The van der Waals surface area contributed by atoms with Crippen LogP contribution in [0.4, 0.5) is 0 Å². The second kappa shape index (κ2) is 10.6. The summed E-state index contributed by atoms with van der Waals surface area (Å²) in [7, 11) is 3.24. The summed E-state index contributed by atoms with van der Waals surface area (Å²) >= 11 is 0. The lowest BCUT2D eigenvalue weighted by atomic mass is 10.0. The molecule has 0 spiro atoms. The number of hydrogen-bond donors (Lipinski definition) is 1. The minimum Gasteiger partial charge on any atom is -0.347 e. The quantitative estimate of drug-likeness (QED) is 0.335. The summed E-state index contributed by atoms with van der Waals surface area (Å²) in [6.45, 7) is 4.94. The number of aryl methyl sites for hydroxylation is 1. The van der Waals surface area contributed by atoms with Gasteiger partial charge in [-0.25, -0.2) is 9.67 Å². The van der Waals surface area contributed by atoms with Crippen molar-refractivity contribution in [1.82, 2.24) is 40.4 Å². The second-order valence-corrected chi connectivity index (χ2v) is 7.95. The van der Waals surface area contributed by atoms with Crippen molar-refractivity contribution in [3.05, 3.63) is 59.8 Å². The number of aromatic nitrogens is 8. The van der Waals surface area contributed by atoms with Crippen LogP contribution in [0.25, 0.3) is 22.6 Å². The monoisotopic (exact) mass is 462 g/mol. The van der Waals surface area contributed by atoms with E-state index in [1.54, 1.807) is 14.2 Å². The normalized spacial score (nSPS) is 11.8. The molecular weight excluding hydrogens is 432 g/mol. The van der Waals surface area contributed by atoms with Gasteiger partial charge in [-0.15, -0.1) is 10.2 Å². The smallest absolute Gasteiger partial charge is 0.231 e. The molecule has 0 bridgehead atoms. The van der Waals surface area contributed by atoms with Crippen LogP contribution in [0.15, 0.2) is 42.6 Å². The Balaban J connectivity index is 1.62. The van der Waals surface area contributed by atoms with Crippen LogP contribution in [0.1, 0.15) is 50.3 Å². The van der Waals surface area contributed by atoms with Crippen molar-refractivity contribution in [2.75, 3.05) is 14.2 Å². The Labute approximate surface area is 198 Å². The fraction of sp³-hybridized carbons (Fsp3) is 0.417. The van der Waals surface area contributed by atoms with Gasteiger partial charge < -0.3 is 9.47 Å². The Kier molecular flexibility index (Phi) is 7.39. The molecule has 0 amide bonds. The molecule has 34 heavy (non-hydrogen) atoms. The lowest BCUT2D eigenvalue weighted by Crippen LogP contribution is -2.31. The van der Waals surface area contributed by atoms with Crippen LogP contribution in [0.2, 0.25) is 0 Å². The third-order valence-corrected chi connectivity index (χ3v) is 5.91. The highest BCUT2D eigenvalue weighted by Crippen LogP contribution is 2.29. The molecule has 1 N–H and O–H groups in total. The van der Waals surface area contributed by atoms with Crippen molar-refractivity contribution in [1.29, 1.82) is 0 Å². The molecule has 4 rings (SSSR count). The van der Waals surface area contributed by atoms with E-state index < -0.39 is 5.79 Å². The summed E-state index contributed by atoms with van der Waals surface area (Å²) in [6.07, 6.45) is 5.16. The first-order valence-corrected chi connectivity index (χ1v) is 11.5. The molecule has 0 radical (unpaired) electrons. The molecule has 3 aromatic heterocycles. The van der Waals surface area contributed by atoms with Crippen LogP contribution in [0, 0.1) is 0 Å². The molecule has 10 nitrogen and oxygen atoms in total. The maximum absolute atomic E-state index is 5.66.